The molecule has 0 radical (unpaired) electrons. The summed E-state index contributed by atoms with van der Waals surface area (Å²) in [5, 5.41) is 3.03. The van der Waals surface area contributed by atoms with Crippen LogP contribution in [0.3, 0.4) is 0 Å². The fourth-order valence-corrected chi connectivity index (χ4v) is 5.59. The van der Waals surface area contributed by atoms with E-state index >= 15 is 0 Å². The molecule has 1 aliphatic carbocycles. The third-order valence-corrected chi connectivity index (χ3v) is 8.09. The van der Waals surface area contributed by atoms with E-state index in [2.05, 4.69) is 10.0 Å². The summed E-state index contributed by atoms with van der Waals surface area (Å²) in [7, 11) is -3.48. The molecule has 8 nitrogen and oxygen atoms in total. The summed E-state index contributed by atoms with van der Waals surface area (Å²) in [6.07, 6.45) is 6.51. The number of hydrogen-bond acceptors (Lipinski definition) is 6. The van der Waals surface area contributed by atoms with E-state index in [0.717, 1.165) is 48.3 Å². The van der Waals surface area contributed by atoms with Gasteiger partial charge in [0.2, 0.25) is 22.7 Å². The second kappa shape index (κ2) is 9.40. The summed E-state index contributed by atoms with van der Waals surface area (Å²) in [5.74, 6) is 1.26. The van der Waals surface area contributed by atoms with Crippen molar-refractivity contribution in [2.45, 2.75) is 42.0 Å². The summed E-state index contributed by atoms with van der Waals surface area (Å²) in [4.78, 5) is 12.8. The van der Waals surface area contributed by atoms with E-state index in [0.29, 0.717) is 19.8 Å². The molecule has 2 aromatic rings. The van der Waals surface area contributed by atoms with Crippen molar-refractivity contribution in [3.05, 3.63) is 59.7 Å². The Morgan fingerprint density at radius 3 is 2.50 bits per heavy atom. The van der Waals surface area contributed by atoms with Gasteiger partial charge >= 0.3 is 0 Å². The average Bonchev–Trinajstić information content (AvgIpc) is 3.53. The van der Waals surface area contributed by atoms with Crippen molar-refractivity contribution in [2.75, 3.05) is 26.6 Å². The first-order valence-electron chi connectivity index (χ1n) is 11.5. The highest BCUT2D eigenvalue weighted by molar-refractivity contribution is 7.89. The maximum Gasteiger partial charge on any atom is 0.244 e. The van der Waals surface area contributed by atoms with Crippen molar-refractivity contribution >= 4 is 22.0 Å². The molecule has 2 N–H and O–H groups in total. The predicted octanol–water partition coefficient (Wildman–Crippen LogP) is 2.73. The van der Waals surface area contributed by atoms with Crippen molar-refractivity contribution in [1.29, 1.82) is 0 Å². The van der Waals surface area contributed by atoms with Gasteiger partial charge in [-0.25, -0.2) is 13.1 Å². The smallest absolute Gasteiger partial charge is 0.244 e. The Balaban J connectivity index is 1.22. The SMILES string of the molecule is O=C(/C=C/c1ccc(S(=O)(=O)NC2CC2)cc1)NCC1(c2ccc3c(c2)OCO3)CCOCC1. The van der Waals surface area contributed by atoms with Crippen molar-refractivity contribution in [2.24, 2.45) is 0 Å². The zero-order valence-corrected chi connectivity index (χ0v) is 19.6. The zero-order chi connectivity index (χ0) is 23.6. The molecule has 34 heavy (non-hydrogen) atoms. The molecule has 0 unspecified atom stereocenters. The standard InChI is InChI=1S/C25H28N2O6S/c28-24(10-3-18-1-7-21(8-2-18)34(29,30)27-20-5-6-20)26-16-25(11-13-31-14-12-25)19-4-9-22-23(15-19)33-17-32-22/h1-4,7-10,15,20,27H,5-6,11-14,16-17H2,(H,26,28)/b10-3+. The molecule has 0 spiro atoms. The Morgan fingerprint density at radius 1 is 1.03 bits per heavy atom. The van der Waals surface area contributed by atoms with Crippen LogP contribution >= 0.6 is 0 Å². The number of ether oxygens (including phenoxy) is 3. The molecule has 2 fully saturated rings. The fraction of sp³-hybridized carbons (Fsp3) is 0.400. The topological polar surface area (TPSA) is 103 Å². The molecule has 2 heterocycles. The molecule has 0 bridgehead atoms. The monoisotopic (exact) mass is 484 g/mol. The highest BCUT2D eigenvalue weighted by Crippen LogP contribution is 2.40. The van der Waals surface area contributed by atoms with Gasteiger partial charge in [-0.3, -0.25) is 4.79 Å². The molecular formula is C25H28N2O6S. The van der Waals surface area contributed by atoms with Crippen LogP contribution in [0.4, 0.5) is 0 Å². The van der Waals surface area contributed by atoms with E-state index in [1.807, 2.05) is 18.2 Å². The van der Waals surface area contributed by atoms with Crippen LogP contribution in [0.1, 0.15) is 36.8 Å². The molecule has 2 aromatic carbocycles. The molecule has 1 saturated carbocycles. The van der Waals surface area contributed by atoms with Crippen LogP contribution in [0.15, 0.2) is 53.4 Å². The Morgan fingerprint density at radius 2 is 1.76 bits per heavy atom. The van der Waals surface area contributed by atoms with E-state index in [1.165, 1.54) is 6.08 Å². The molecule has 1 amide bonds. The lowest BCUT2D eigenvalue weighted by molar-refractivity contribution is -0.116. The second-order valence-corrected chi connectivity index (χ2v) is 10.7. The van der Waals surface area contributed by atoms with E-state index in [9.17, 15) is 13.2 Å². The second-order valence-electron chi connectivity index (χ2n) is 8.98. The molecule has 9 heteroatoms. The molecule has 0 aromatic heterocycles. The average molecular weight is 485 g/mol. The predicted molar refractivity (Wildman–Crippen MR) is 126 cm³/mol. The Labute approximate surface area is 199 Å². The fourth-order valence-electron chi connectivity index (χ4n) is 4.29. The first-order chi connectivity index (χ1) is 16.4. The summed E-state index contributed by atoms with van der Waals surface area (Å²) >= 11 is 0. The lowest BCUT2D eigenvalue weighted by Gasteiger charge is -2.38. The number of hydrogen-bond donors (Lipinski definition) is 2. The minimum Gasteiger partial charge on any atom is -0.454 e. The third kappa shape index (κ3) is 5.11. The highest BCUT2D eigenvalue weighted by atomic mass is 32.2. The van der Waals surface area contributed by atoms with Gasteiger partial charge in [0.1, 0.15) is 0 Å². The number of carbonyl (C=O) groups excluding carboxylic acids is 1. The number of sulfonamides is 1. The van der Waals surface area contributed by atoms with Crippen LogP contribution in [0.5, 0.6) is 11.5 Å². The Bertz CT molecular complexity index is 1180. The van der Waals surface area contributed by atoms with Crippen molar-refractivity contribution in [1.82, 2.24) is 10.0 Å². The van der Waals surface area contributed by atoms with Gasteiger partial charge < -0.3 is 19.5 Å². The van der Waals surface area contributed by atoms with Crippen molar-refractivity contribution < 1.29 is 27.4 Å². The van der Waals surface area contributed by atoms with Gasteiger partial charge in [0.05, 0.1) is 4.90 Å². The minimum atomic E-state index is -3.48. The molecule has 3 aliphatic rings. The van der Waals surface area contributed by atoms with Crippen LogP contribution in [0.2, 0.25) is 0 Å². The largest absolute Gasteiger partial charge is 0.454 e. The van der Waals surface area contributed by atoms with Gasteiger partial charge in [0.25, 0.3) is 0 Å². The third-order valence-electron chi connectivity index (χ3n) is 6.55. The van der Waals surface area contributed by atoms with E-state index in [4.69, 9.17) is 14.2 Å². The quantitative estimate of drug-likeness (QED) is 0.559. The summed E-state index contributed by atoms with van der Waals surface area (Å²) in [6.45, 7) is 1.96. The van der Waals surface area contributed by atoms with Crippen molar-refractivity contribution in [3.63, 3.8) is 0 Å². The molecule has 5 rings (SSSR count). The summed E-state index contributed by atoms with van der Waals surface area (Å²) in [5.41, 5.74) is 1.60. The van der Waals surface area contributed by atoms with E-state index in [-0.39, 0.29) is 29.1 Å². The number of rotatable bonds is 8. The van der Waals surface area contributed by atoms with Crippen molar-refractivity contribution in [3.8, 4) is 11.5 Å². The highest BCUT2D eigenvalue weighted by Gasteiger charge is 2.36. The minimum absolute atomic E-state index is 0.0601. The number of carbonyl (C=O) groups is 1. The molecular weight excluding hydrogens is 456 g/mol. The van der Waals surface area contributed by atoms with Crippen LogP contribution in [0.25, 0.3) is 6.08 Å². The summed E-state index contributed by atoms with van der Waals surface area (Å²) in [6, 6.07) is 12.5. The Kier molecular flexibility index (Phi) is 6.33. The molecule has 180 valence electrons. The van der Waals surface area contributed by atoms with Gasteiger partial charge in [0, 0.05) is 37.3 Å². The van der Waals surface area contributed by atoms with Gasteiger partial charge in [0.15, 0.2) is 11.5 Å². The van der Waals surface area contributed by atoms with Crippen LogP contribution in [-0.2, 0) is 25.0 Å². The van der Waals surface area contributed by atoms with Crippen LogP contribution in [0, 0.1) is 0 Å². The first kappa shape index (κ1) is 22.9. The maximum atomic E-state index is 12.6. The van der Waals surface area contributed by atoms with E-state index in [1.54, 1.807) is 30.3 Å². The van der Waals surface area contributed by atoms with Crippen LogP contribution < -0.4 is 19.5 Å². The van der Waals surface area contributed by atoms with Gasteiger partial charge in [-0.2, -0.15) is 0 Å². The van der Waals surface area contributed by atoms with Gasteiger partial charge in [-0.1, -0.05) is 18.2 Å². The normalized spacial score (nSPS) is 19.3. The molecule has 1 saturated heterocycles. The Hall–Kier alpha value is -2.88. The lowest BCUT2D eigenvalue weighted by atomic mass is 9.74. The van der Waals surface area contributed by atoms with E-state index < -0.39 is 10.0 Å². The zero-order valence-electron chi connectivity index (χ0n) is 18.8. The number of amides is 1. The summed E-state index contributed by atoms with van der Waals surface area (Å²) < 4.78 is 43.8. The van der Waals surface area contributed by atoms with Gasteiger partial charge in [-0.15, -0.1) is 0 Å². The van der Waals surface area contributed by atoms with Gasteiger partial charge in [-0.05, 0) is 67.2 Å². The molecule has 0 atom stereocenters. The number of nitrogens with one attached hydrogen (secondary N) is 2. The number of fused-ring (bicyclic) bond motifs is 1. The van der Waals surface area contributed by atoms with Crippen LogP contribution in [-0.4, -0.2) is 46.9 Å². The molecule has 2 aliphatic heterocycles. The number of benzene rings is 2. The first-order valence-corrected chi connectivity index (χ1v) is 13.0. The lowest BCUT2D eigenvalue weighted by Crippen LogP contribution is -2.44. The maximum absolute atomic E-state index is 12.6.